The smallest absolute Gasteiger partial charge is 0.350 e. The van der Waals surface area contributed by atoms with E-state index in [1.807, 2.05) is 0 Å². The average Bonchev–Trinajstić information content (AvgIpc) is 2.68. The molecule has 0 atom stereocenters. The van der Waals surface area contributed by atoms with Crippen LogP contribution in [0.3, 0.4) is 0 Å². The zero-order valence-electron chi connectivity index (χ0n) is 9.67. The highest BCUT2D eigenvalue weighted by molar-refractivity contribution is 7.18. The first-order chi connectivity index (χ1) is 8.93. The maximum absolute atomic E-state index is 13.6. The number of hydrogen-bond donors (Lipinski definition) is 1. The monoisotopic (exact) mass is 287 g/mol. The molecular weight excluding hydrogens is 279 g/mol. The maximum Gasteiger partial charge on any atom is 0.350 e. The average molecular weight is 287 g/mol. The van der Waals surface area contributed by atoms with Crippen molar-refractivity contribution in [2.24, 2.45) is 0 Å². The lowest BCUT2D eigenvalue weighted by Gasteiger charge is -2.02. The van der Waals surface area contributed by atoms with Gasteiger partial charge in [-0.25, -0.2) is 18.0 Å². The molecule has 0 aliphatic carbocycles. The quantitative estimate of drug-likeness (QED) is 0.863. The predicted molar refractivity (Wildman–Crippen MR) is 65.4 cm³/mol. The molecule has 0 saturated carbocycles. The van der Waals surface area contributed by atoms with Gasteiger partial charge in [-0.1, -0.05) is 0 Å². The van der Waals surface area contributed by atoms with Crippen LogP contribution < -0.4 is 5.73 Å². The lowest BCUT2D eigenvalue weighted by Crippen LogP contribution is -2.00. The molecule has 0 aliphatic rings. The highest BCUT2D eigenvalue weighted by Gasteiger charge is 2.20. The van der Waals surface area contributed by atoms with Crippen molar-refractivity contribution in [2.75, 3.05) is 12.8 Å². The molecule has 0 spiro atoms. The van der Waals surface area contributed by atoms with Gasteiger partial charge in [0.15, 0.2) is 0 Å². The van der Waals surface area contributed by atoms with Gasteiger partial charge in [-0.2, -0.15) is 0 Å². The number of carbonyl (C=O) groups is 1. The molecule has 0 saturated heterocycles. The topological polar surface area (TPSA) is 52.3 Å². The number of methoxy groups -OCH3 is 1. The number of nitrogen functional groups attached to an aromatic ring is 1. The van der Waals surface area contributed by atoms with Crippen LogP contribution in [0.15, 0.2) is 18.2 Å². The van der Waals surface area contributed by atoms with Gasteiger partial charge in [0, 0.05) is 17.0 Å². The van der Waals surface area contributed by atoms with Crippen LogP contribution in [0, 0.1) is 17.5 Å². The molecule has 19 heavy (non-hydrogen) atoms. The molecule has 1 aromatic carbocycles. The van der Waals surface area contributed by atoms with Crippen molar-refractivity contribution in [1.82, 2.24) is 0 Å². The molecule has 0 aliphatic heterocycles. The van der Waals surface area contributed by atoms with Crippen LogP contribution >= 0.6 is 11.3 Å². The van der Waals surface area contributed by atoms with E-state index >= 15 is 0 Å². The number of nitrogens with two attached hydrogens (primary N) is 1. The van der Waals surface area contributed by atoms with Crippen molar-refractivity contribution in [3.63, 3.8) is 0 Å². The van der Waals surface area contributed by atoms with Gasteiger partial charge in [0.1, 0.15) is 22.3 Å². The van der Waals surface area contributed by atoms with E-state index in [1.165, 1.54) is 13.2 Å². The lowest BCUT2D eigenvalue weighted by molar-refractivity contribution is 0.0607. The summed E-state index contributed by atoms with van der Waals surface area (Å²) < 4.78 is 44.5. The number of esters is 1. The van der Waals surface area contributed by atoms with Crippen molar-refractivity contribution in [3.8, 4) is 10.4 Å². The lowest BCUT2D eigenvalue weighted by atomic mass is 10.1. The molecule has 0 amide bonds. The number of ether oxygens (including phenoxy) is 1. The second-order valence-corrected chi connectivity index (χ2v) is 4.68. The third-order valence-corrected chi connectivity index (χ3v) is 3.53. The largest absolute Gasteiger partial charge is 0.465 e. The normalized spacial score (nSPS) is 10.5. The molecule has 0 fully saturated rings. The van der Waals surface area contributed by atoms with Crippen molar-refractivity contribution in [2.45, 2.75) is 0 Å². The number of thiophene rings is 1. The predicted octanol–water partition coefficient (Wildman–Crippen LogP) is 3.20. The van der Waals surface area contributed by atoms with E-state index in [-0.39, 0.29) is 15.4 Å². The number of carbonyl (C=O) groups excluding carboxylic acids is 1. The summed E-state index contributed by atoms with van der Waals surface area (Å²) in [7, 11) is 1.17. The van der Waals surface area contributed by atoms with Crippen LogP contribution in [-0.2, 0) is 4.74 Å². The molecular formula is C12H8F3NO2S. The van der Waals surface area contributed by atoms with Crippen molar-refractivity contribution >= 4 is 23.0 Å². The zero-order chi connectivity index (χ0) is 14.2. The van der Waals surface area contributed by atoms with Gasteiger partial charge < -0.3 is 10.5 Å². The van der Waals surface area contributed by atoms with Crippen LogP contribution in [0.4, 0.5) is 18.9 Å². The number of halogens is 3. The summed E-state index contributed by atoms with van der Waals surface area (Å²) in [6, 6.07) is 2.37. The van der Waals surface area contributed by atoms with Gasteiger partial charge in [0.2, 0.25) is 0 Å². The summed E-state index contributed by atoms with van der Waals surface area (Å²) in [5.74, 6) is -3.83. The van der Waals surface area contributed by atoms with E-state index in [0.717, 1.165) is 11.3 Å². The molecule has 1 aromatic heterocycles. The van der Waals surface area contributed by atoms with E-state index in [1.54, 1.807) is 0 Å². The Morgan fingerprint density at radius 1 is 1.21 bits per heavy atom. The zero-order valence-corrected chi connectivity index (χ0v) is 10.5. The Hall–Kier alpha value is -2.02. The molecule has 0 unspecified atom stereocenters. The first-order valence-corrected chi connectivity index (χ1v) is 5.88. The maximum atomic E-state index is 13.6. The third-order valence-electron chi connectivity index (χ3n) is 2.38. The van der Waals surface area contributed by atoms with Crippen LogP contribution in [-0.4, -0.2) is 13.1 Å². The highest BCUT2D eigenvalue weighted by Crippen LogP contribution is 2.36. The minimum atomic E-state index is -1.06. The molecule has 100 valence electrons. The molecule has 0 radical (unpaired) electrons. The van der Waals surface area contributed by atoms with Crippen LogP contribution in [0.25, 0.3) is 10.4 Å². The van der Waals surface area contributed by atoms with Crippen LogP contribution in [0.1, 0.15) is 9.67 Å². The van der Waals surface area contributed by atoms with E-state index in [0.29, 0.717) is 12.1 Å². The van der Waals surface area contributed by atoms with Gasteiger partial charge in [0.25, 0.3) is 0 Å². The molecule has 2 aromatic rings. The highest BCUT2D eigenvalue weighted by atomic mass is 32.1. The summed E-state index contributed by atoms with van der Waals surface area (Å²) >= 11 is 0.777. The molecule has 1 heterocycles. The van der Waals surface area contributed by atoms with Crippen molar-refractivity contribution in [3.05, 3.63) is 40.5 Å². The van der Waals surface area contributed by atoms with Gasteiger partial charge in [0.05, 0.1) is 18.4 Å². The second-order valence-electron chi connectivity index (χ2n) is 3.63. The summed E-state index contributed by atoms with van der Waals surface area (Å²) in [5, 5.41) is 0. The fourth-order valence-corrected chi connectivity index (χ4v) is 2.60. The first kappa shape index (κ1) is 13.4. The summed E-state index contributed by atoms with van der Waals surface area (Å²) in [5.41, 5.74) is 5.20. The minimum Gasteiger partial charge on any atom is -0.465 e. The van der Waals surface area contributed by atoms with E-state index in [2.05, 4.69) is 4.74 Å². The van der Waals surface area contributed by atoms with Gasteiger partial charge in [-0.3, -0.25) is 0 Å². The minimum absolute atomic E-state index is 0.0422. The fourth-order valence-electron chi connectivity index (χ4n) is 1.56. The Kier molecular flexibility index (Phi) is 3.48. The van der Waals surface area contributed by atoms with Gasteiger partial charge in [-0.05, 0) is 6.07 Å². The van der Waals surface area contributed by atoms with E-state index < -0.39 is 29.0 Å². The molecule has 7 heteroatoms. The summed E-state index contributed by atoms with van der Waals surface area (Å²) in [6.45, 7) is 0. The molecule has 2 rings (SSSR count). The number of benzene rings is 1. The SMILES string of the molecule is COC(=O)c1sc(-c2c(F)cc(F)cc2F)cc1N. The summed E-state index contributed by atoms with van der Waals surface area (Å²) in [6.07, 6.45) is 0. The second kappa shape index (κ2) is 4.93. The number of hydrogen-bond acceptors (Lipinski definition) is 4. The van der Waals surface area contributed by atoms with Crippen LogP contribution in [0.2, 0.25) is 0 Å². The standard InChI is InChI=1S/C12H8F3NO2S/c1-18-12(17)11-8(16)4-9(19-11)10-6(14)2-5(13)3-7(10)15/h2-4H,16H2,1H3. The Morgan fingerprint density at radius 3 is 2.32 bits per heavy atom. The number of rotatable bonds is 2. The Labute approximate surface area is 110 Å². The third kappa shape index (κ3) is 2.41. The van der Waals surface area contributed by atoms with E-state index in [4.69, 9.17) is 5.73 Å². The van der Waals surface area contributed by atoms with Gasteiger partial charge >= 0.3 is 5.97 Å². The molecule has 0 bridgehead atoms. The Morgan fingerprint density at radius 2 is 1.79 bits per heavy atom. The molecule has 2 N–H and O–H groups in total. The number of anilines is 1. The van der Waals surface area contributed by atoms with E-state index in [9.17, 15) is 18.0 Å². The van der Waals surface area contributed by atoms with Crippen molar-refractivity contribution < 1.29 is 22.7 Å². The fraction of sp³-hybridized carbons (Fsp3) is 0.0833. The molecule has 3 nitrogen and oxygen atoms in total. The Bertz CT molecular complexity index is 631. The van der Waals surface area contributed by atoms with Crippen molar-refractivity contribution in [1.29, 1.82) is 0 Å². The van der Waals surface area contributed by atoms with Gasteiger partial charge in [-0.15, -0.1) is 11.3 Å². The summed E-state index contributed by atoms with van der Waals surface area (Å²) in [4.78, 5) is 11.5. The van der Waals surface area contributed by atoms with Crippen LogP contribution in [0.5, 0.6) is 0 Å². The Balaban J connectivity index is 2.58. The first-order valence-electron chi connectivity index (χ1n) is 5.06.